The zero-order valence-electron chi connectivity index (χ0n) is 19.5. The fourth-order valence-corrected chi connectivity index (χ4v) is 4.05. The van der Waals surface area contributed by atoms with E-state index >= 15 is 0 Å². The highest BCUT2D eigenvalue weighted by molar-refractivity contribution is 14.0. The summed E-state index contributed by atoms with van der Waals surface area (Å²) in [6, 6.07) is 14.9. The SMILES string of the molecule is CN=C(NCc1ccc(C)cc1OC1CCOC1)NCc1ccccc1N1CCOCC1.I. The van der Waals surface area contributed by atoms with Crippen molar-refractivity contribution in [1.29, 1.82) is 0 Å². The highest BCUT2D eigenvalue weighted by atomic mass is 127. The van der Waals surface area contributed by atoms with E-state index in [0.29, 0.717) is 19.7 Å². The molecule has 2 saturated heterocycles. The summed E-state index contributed by atoms with van der Waals surface area (Å²) in [5, 5.41) is 6.89. The van der Waals surface area contributed by atoms with E-state index in [1.165, 1.54) is 16.8 Å². The van der Waals surface area contributed by atoms with Gasteiger partial charge < -0.3 is 29.7 Å². The molecule has 2 N–H and O–H groups in total. The van der Waals surface area contributed by atoms with Crippen molar-refractivity contribution in [2.45, 2.75) is 32.5 Å². The summed E-state index contributed by atoms with van der Waals surface area (Å²) < 4.78 is 17.2. The number of para-hydroxylation sites is 1. The number of guanidine groups is 1. The van der Waals surface area contributed by atoms with Gasteiger partial charge in [0.25, 0.3) is 0 Å². The highest BCUT2D eigenvalue weighted by Crippen LogP contribution is 2.24. The Morgan fingerprint density at radius 2 is 1.79 bits per heavy atom. The number of nitrogens with zero attached hydrogens (tertiary/aromatic N) is 2. The van der Waals surface area contributed by atoms with Crippen LogP contribution in [0.3, 0.4) is 0 Å². The molecule has 33 heavy (non-hydrogen) atoms. The Bertz CT molecular complexity index is 912. The molecule has 0 aliphatic carbocycles. The van der Waals surface area contributed by atoms with Gasteiger partial charge in [-0.25, -0.2) is 0 Å². The second kappa shape index (κ2) is 13.0. The summed E-state index contributed by atoms with van der Waals surface area (Å²) in [6.07, 6.45) is 1.07. The summed E-state index contributed by atoms with van der Waals surface area (Å²) in [6.45, 7) is 8.24. The quantitative estimate of drug-likeness (QED) is 0.304. The van der Waals surface area contributed by atoms with Crippen molar-refractivity contribution in [2.24, 2.45) is 4.99 Å². The minimum Gasteiger partial charge on any atom is -0.488 e. The van der Waals surface area contributed by atoms with E-state index in [9.17, 15) is 0 Å². The van der Waals surface area contributed by atoms with E-state index < -0.39 is 0 Å². The molecule has 1 unspecified atom stereocenters. The van der Waals surface area contributed by atoms with Crippen molar-refractivity contribution in [3.63, 3.8) is 0 Å². The van der Waals surface area contributed by atoms with Gasteiger partial charge in [-0.05, 0) is 30.2 Å². The van der Waals surface area contributed by atoms with Gasteiger partial charge >= 0.3 is 0 Å². The lowest BCUT2D eigenvalue weighted by atomic mass is 10.1. The summed E-state index contributed by atoms with van der Waals surface area (Å²) in [4.78, 5) is 6.80. The molecular weight excluding hydrogens is 531 g/mol. The van der Waals surface area contributed by atoms with Gasteiger partial charge in [0.1, 0.15) is 11.9 Å². The second-order valence-electron chi connectivity index (χ2n) is 8.22. The van der Waals surface area contributed by atoms with Crippen molar-refractivity contribution in [1.82, 2.24) is 10.6 Å². The maximum absolute atomic E-state index is 6.22. The average Bonchev–Trinajstić information content (AvgIpc) is 3.34. The van der Waals surface area contributed by atoms with Crippen LogP contribution in [-0.2, 0) is 22.6 Å². The molecule has 2 heterocycles. The molecule has 0 radical (unpaired) electrons. The number of hydrogen-bond acceptors (Lipinski definition) is 5. The molecule has 2 aromatic rings. The minimum atomic E-state index is 0. The van der Waals surface area contributed by atoms with Gasteiger partial charge in [-0.1, -0.05) is 30.3 Å². The molecule has 180 valence electrons. The van der Waals surface area contributed by atoms with Gasteiger partial charge in [0.05, 0.1) is 26.4 Å². The lowest BCUT2D eigenvalue weighted by molar-refractivity contribution is 0.122. The number of ether oxygens (including phenoxy) is 3. The number of benzene rings is 2. The third kappa shape index (κ3) is 7.22. The summed E-state index contributed by atoms with van der Waals surface area (Å²) in [5.41, 5.74) is 4.80. The van der Waals surface area contributed by atoms with Crippen LogP contribution in [0.25, 0.3) is 0 Å². The number of morpholine rings is 1. The molecule has 7 nitrogen and oxygen atoms in total. The van der Waals surface area contributed by atoms with Gasteiger partial charge in [0.2, 0.25) is 0 Å². The van der Waals surface area contributed by atoms with Crippen LogP contribution in [0, 0.1) is 6.92 Å². The fourth-order valence-electron chi connectivity index (χ4n) is 4.05. The molecule has 2 aliphatic rings. The normalized spacial score (nSPS) is 18.5. The van der Waals surface area contributed by atoms with E-state index in [1.54, 1.807) is 7.05 Å². The van der Waals surface area contributed by atoms with Crippen molar-refractivity contribution in [2.75, 3.05) is 51.5 Å². The molecule has 8 heteroatoms. The number of hydrogen-bond donors (Lipinski definition) is 2. The maximum atomic E-state index is 6.22. The third-order valence-electron chi connectivity index (χ3n) is 5.86. The molecule has 2 fully saturated rings. The van der Waals surface area contributed by atoms with E-state index in [4.69, 9.17) is 14.2 Å². The monoisotopic (exact) mass is 566 g/mol. The number of aliphatic imine (C=N–C) groups is 1. The van der Waals surface area contributed by atoms with Crippen molar-refractivity contribution in [3.05, 3.63) is 59.2 Å². The van der Waals surface area contributed by atoms with Gasteiger partial charge in [-0.15, -0.1) is 24.0 Å². The van der Waals surface area contributed by atoms with Crippen LogP contribution in [0.5, 0.6) is 5.75 Å². The molecule has 0 spiro atoms. The van der Waals surface area contributed by atoms with Crippen LogP contribution in [0.15, 0.2) is 47.5 Å². The van der Waals surface area contributed by atoms with Crippen LogP contribution >= 0.6 is 24.0 Å². The molecule has 4 rings (SSSR count). The lowest BCUT2D eigenvalue weighted by Crippen LogP contribution is -2.39. The van der Waals surface area contributed by atoms with E-state index in [2.05, 4.69) is 69.9 Å². The van der Waals surface area contributed by atoms with Crippen molar-refractivity contribution >= 4 is 35.6 Å². The number of halogens is 1. The first-order valence-corrected chi connectivity index (χ1v) is 11.4. The standard InChI is InChI=1S/C25H34N4O3.HI/c1-19-7-8-21(24(15-19)32-22-9-12-31-18-22)17-28-25(26-2)27-16-20-5-3-4-6-23(20)29-10-13-30-14-11-29;/h3-8,15,22H,9-14,16-18H2,1-2H3,(H2,26,27,28);1H. The van der Waals surface area contributed by atoms with Gasteiger partial charge in [-0.2, -0.15) is 0 Å². The lowest BCUT2D eigenvalue weighted by Gasteiger charge is -2.30. The zero-order chi connectivity index (χ0) is 22.2. The Labute approximate surface area is 213 Å². The fraction of sp³-hybridized carbons (Fsp3) is 0.480. The predicted octanol–water partition coefficient (Wildman–Crippen LogP) is 3.48. The number of nitrogens with one attached hydrogen (secondary N) is 2. The van der Waals surface area contributed by atoms with Crippen LogP contribution in [0.4, 0.5) is 5.69 Å². The second-order valence-corrected chi connectivity index (χ2v) is 8.22. The van der Waals surface area contributed by atoms with Crippen LogP contribution < -0.4 is 20.3 Å². The molecule has 0 bridgehead atoms. The Morgan fingerprint density at radius 3 is 2.52 bits per heavy atom. The van der Waals surface area contributed by atoms with E-state index in [-0.39, 0.29) is 30.1 Å². The van der Waals surface area contributed by atoms with Crippen LogP contribution in [0.2, 0.25) is 0 Å². The average molecular weight is 566 g/mol. The Morgan fingerprint density at radius 1 is 1.03 bits per heavy atom. The first-order chi connectivity index (χ1) is 15.7. The molecular formula is C25H35IN4O3. The van der Waals surface area contributed by atoms with Gasteiger partial charge in [-0.3, -0.25) is 4.99 Å². The van der Waals surface area contributed by atoms with Crippen LogP contribution in [-0.4, -0.2) is 58.6 Å². The van der Waals surface area contributed by atoms with Crippen molar-refractivity contribution in [3.8, 4) is 5.75 Å². The first-order valence-electron chi connectivity index (χ1n) is 11.4. The minimum absolute atomic E-state index is 0. The predicted molar refractivity (Wildman–Crippen MR) is 143 cm³/mol. The Balaban J connectivity index is 0.00000306. The molecule has 1 atom stereocenters. The molecule has 2 aliphatic heterocycles. The number of anilines is 1. The maximum Gasteiger partial charge on any atom is 0.191 e. The molecule has 0 aromatic heterocycles. The smallest absolute Gasteiger partial charge is 0.191 e. The Hall–Kier alpha value is -2.04. The van der Waals surface area contributed by atoms with Crippen molar-refractivity contribution < 1.29 is 14.2 Å². The largest absolute Gasteiger partial charge is 0.488 e. The van der Waals surface area contributed by atoms with Gasteiger partial charge in [0.15, 0.2) is 5.96 Å². The summed E-state index contributed by atoms with van der Waals surface area (Å²) >= 11 is 0. The Kier molecular flexibility index (Phi) is 10.1. The first kappa shape index (κ1) is 25.6. The molecule has 0 amide bonds. The van der Waals surface area contributed by atoms with Gasteiger partial charge in [0, 0.05) is 50.9 Å². The van der Waals surface area contributed by atoms with E-state index in [1.807, 2.05) is 0 Å². The highest BCUT2D eigenvalue weighted by Gasteiger charge is 2.19. The van der Waals surface area contributed by atoms with E-state index in [0.717, 1.165) is 56.6 Å². The molecule has 2 aromatic carbocycles. The topological polar surface area (TPSA) is 67.4 Å². The van der Waals surface area contributed by atoms with Crippen LogP contribution in [0.1, 0.15) is 23.1 Å². The summed E-state index contributed by atoms with van der Waals surface area (Å²) in [7, 11) is 1.80. The third-order valence-corrected chi connectivity index (χ3v) is 5.86. The summed E-state index contributed by atoms with van der Waals surface area (Å²) in [5.74, 6) is 1.68. The molecule has 0 saturated carbocycles. The number of aryl methyl sites for hydroxylation is 1. The number of rotatable bonds is 7. The zero-order valence-corrected chi connectivity index (χ0v) is 21.8.